The zero-order chi connectivity index (χ0) is 14.5. The molecule has 2 nitrogen and oxygen atoms in total. The molecule has 2 atom stereocenters. The molecule has 0 radical (unpaired) electrons. The summed E-state index contributed by atoms with van der Waals surface area (Å²) >= 11 is 0. The number of ether oxygens (including phenoxy) is 1. The van der Waals surface area contributed by atoms with E-state index in [1.54, 1.807) is 7.11 Å². The van der Waals surface area contributed by atoms with Crippen LogP contribution in [-0.2, 0) is 4.74 Å². The number of rotatable bonds is 5. The predicted octanol–water partition coefficient (Wildman–Crippen LogP) is 3.82. The Morgan fingerprint density at radius 2 is 1.70 bits per heavy atom. The van der Waals surface area contributed by atoms with E-state index in [2.05, 4.69) is 5.32 Å². The van der Waals surface area contributed by atoms with Crippen molar-refractivity contribution in [1.82, 2.24) is 5.32 Å². The zero-order valence-corrected chi connectivity index (χ0v) is 12.2. The van der Waals surface area contributed by atoms with E-state index in [1.165, 1.54) is 31.4 Å². The molecule has 1 aromatic rings. The highest BCUT2D eigenvalue weighted by Crippen LogP contribution is 2.34. The topological polar surface area (TPSA) is 21.3 Å². The van der Waals surface area contributed by atoms with E-state index < -0.39 is 11.6 Å². The summed E-state index contributed by atoms with van der Waals surface area (Å²) in [7, 11) is 3.49. The van der Waals surface area contributed by atoms with Crippen LogP contribution in [-0.4, -0.2) is 20.3 Å². The third kappa shape index (κ3) is 3.55. The fourth-order valence-corrected chi connectivity index (χ4v) is 3.34. The molecule has 112 valence electrons. The van der Waals surface area contributed by atoms with Gasteiger partial charge in [0.2, 0.25) is 0 Å². The maximum absolute atomic E-state index is 13.4. The third-order valence-electron chi connectivity index (χ3n) is 4.27. The lowest BCUT2D eigenvalue weighted by molar-refractivity contribution is 0.00929. The van der Waals surface area contributed by atoms with Crippen molar-refractivity contribution in [2.75, 3.05) is 14.2 Å². The fraction of sp³-hybridized carbons (Fsp3) is 0.625. The molecule has 0 spiro atoms. The molecule has 2 rings (SSSR count). The molecule has 1 aliphatic rings. The van der Waals surface area contributed by atoms with Crippen LogP contribution in [0, 0.1) is 17.6 Å². The van der Waals surface area contributed by atoms with Gasteiger partial charge < -0.3 is 10.1 Å². The molecule has 2 unspecified atom stereocenters. The minimum absolute atomic E-state index is 0.0542. The van der Waals surface area contributed by atoms with Gasteiger partial charge in [-0.25, -0.2) is 8.78 Å². The number of nitrogens with one attached hydrogen (secondary N) is 1. The lowest BCUT2D eigenvalue weighted by Crippen LogP contribution is -2.37. The first-order valence-corrected chi connectivity index (χ1v) is 7.31. The molecule has 4 heteroatoms. The van der Waals surface area contributed by atoms with Crippen molar-refractivity contribution < 1.29 is 13.5 Å². The first kappa shape index (κ1) is 15.4. The molecule has 1 aliphatic carbocycles. The van der Waals surface area contributed by atoms with Gasteiger partial charge in [-0.1, -0.05) is 19.3 Å². The Hall–Kier alpha value is -1.00. The molecule has 20 heavy (non-hydrogen) atoms. The largest absolute Gasteiger partial charge is 0.379 e. The molecule has 0 heterocycles. The average Bonchev–Trinajstić information content (AvgIpc) is 2.44. The molecule has 1 saturated carbocycles. The van der Waals surface area contributed by atoms with Crippen LogP contribution in [0.25, 0.3) is 0 Å². The van der Waals surface area contributed by atoms with E-state index in [0.29, 0.717) is 11.5 Å². The van der Waals surface area contributed by atoms with Crippen LogP contribution in [0.3, 0.4) is 0 Å². The SMILES string of the molecule is CNC(c1cc(F)cc(F)c1)C(OC)C1CCCCC1. The lowest BCUT2D eigenvalue weighted by atomic mass is 9.81. The highest BCUT2D eigenvalue weighted by molar-refractivity contribution is 5.23. The molecule has 1 N–H and O–H groups in total. The quantitative estimate of drug-likeness (QED) is 0.887. The molecular formula is C16H23F2NO. The van der Waals surface area contributed by atoms with Gasteiger partial charge in [-0.05, 0) is 43.5 Å². The van der Waals surface area contributed by atoms with Crippen LogP contribution in [0.2, 0.25) is 0 Å². The monoisotopic (exact) mass is 283 g/mol. The zero-order valence-electron chi connectivity index (χ0n) is 12.2. The molecule has 0 bridgehead atoms. The van der Waals surface area contributed by atoms with Gasteiger partial charge in [-0.15, -0.1) is 0 Å². The van der Waals surface area contributed by atoms with E-state index >= 15 is 0 Å². The summed E-state index contributed by atoms with van der Waals surface area (Å²) in [5.74, 6) is -0.643. The minimum Gasteiger partial charge on any atom is -0.379 e. The number of benzene rings is 1. The average molecular weight is 283 g/mol. The van der Waals surface area contributed by atoms with Crippen LogP contribution >= 0.6 is 0 Å². The van der Waals surface area contributed by atoms with Crippen LogP contribution < -0.4 is 5.32 Å². The Morgan fingerprint density at radius 1 is 1.10 bits per heavy atom. The maximum atomic E-state index is 13.4. The van der Waals surface area contributed by atoms with Crippen molar-refractivity contribution in [3.8, 4) is 0 Å². The maximum Gasteiger partial charge on any atom is 0.126 e. The van der Waals surface area contributed by atoms with E-state index in [-0.39, 0.29) is 12.1 Å². The van der Waals surface area contributed by atoms with Gasteiger partial charge in [0.05, 0.1) is 12.1 Å². The first-order chi connectivity index (χ1) is 9.65. The van der Waals surface area contributed by atoms with Gasteiger partial charge >= 0.3 is 0 Å². The van der Waals surface area contributed by atoms with Crippen molar-refractivity contribution in [2.24, 2.45) is 5.92 Å². The number of hydrogen-bond acceptors (Lipinski definition) is 2. The molecular weight excluding hydrogens is 260 g/mol. The Kier molecular flexibility index (Phi) is 5.49. The van der Waals surface area contributed by atoms with E-state index in [1.807, 2.05) is 7.05 Å². The lowest BCUT2D eigenvalue weighted by Gasteiger charge is -2.35. The third-order valence-corrected chi connectivity index (χ3v) is 4.27. The van der Waals surface area contributed by atoms with Crippen molar-refractivity contribution in [1.29, 1.82) is 0 Å². The molecule has 0 amide bonds. The minimum atomic E-state index is -0.543. The molecule has 0 aliphatic heterocycles. The molecule has 0 aromatic heterocycles. The van der Waals surface area contributed by atoms with Crippen LogP contribution in [0.15, 0.2) is 18.2 Å². The van der Waals surface area contributed by atoms with Gasteiger partial charge in [-0.2, -0.15) is 0 Å². The van der Waals surface area contributed by atoms with E-state index in [9.17, 15) is 8.78 Å². The van der Waals surface area contributed by atoms with Crippen molar-refractivity contribution in [3.05, 3.63) is 35.4 Å². The molecule has 1 fully saturated rings. The van der Waals surface area contributed by atoms with Gasteiger partial charge in [0.1, 0.15) is 11.6 Å². The summed E-state index contributed by atoms with van der Waals surface area (Å²) < 4.78 is 32.5. The van der Waals surface area contributed by atoms with E-state index in [4.69, 9.17) is 4.74 Å². The highest BCUT2D eigenvalue weighted by Gasteiger charge is 2.31. The number of methoxy groups -OCH3 is 1. The first-order valence-electron chi connectivity index (χ1n) is 7.31. The van der Waals surface area contributed by atoms with Crippen molar-refractivity contribution >= 4 is 0 Å². The summed E-state index contributed by atoms with van der Waals surface area (Å²) in [6.45, 7) is 0. The van der Waals surface area contributed by atoms with Gasteiger partial charge in [0, 0.05) is 13.2 Å². The molecule has 1 aromatic carbocycles. The molecule has 0 saturated heterocycles. The highest BCUT2D eigenvalue weighted by atomic mass is 19.1. The predicted molar refractivity (Wildman–Crippen MR) is 75.5 cm³/mol. The number of likely N-dealkylation sites (N-methyl/N-ethyl adjacent to an activating group) is 1. The van der Waals surface area contributed by atoms with Gasteiger partial charge in [0.25, 0.3) is 0 Å². The summed E-state index contributed by atoms with van der Waals surface area (Å²) in [4.78, 5) is 0. The fourth-order valence-electron chi connectivity index (χ4n) is 3.34. The Labute approximate surface area is 119 Å². The summed E-state index contributed by atoms with van der Waals surface area (Å²) in [5.41, 5.74) is 0.613. The second-order valence-corrected chi connectivity index (χ2v) is 5.57. The summed E-state index contributed by atoms with van der Waals surface area (Å²) in [6.07, 6.45) is 5.87. The van der Waals surface area contributed by atoms with Crippen LogP contribution in [0.1, 0.15) is 43.7 Å². The van der Waals surface area contributed by atoms with Crippen molar-refractivity contribution in [2.45, 2.75) is 44.2 Å². The van der Waals surface area contributed by atoms with Gasteiger partial charge in [-0.3, -0.25) is 0 Å². The second-order valence-electron chi connectivity index (χ2n) is 5.57. The summed E-state index contributed by atoms with van der Waals surface area (Å²) in [5, 5.41) is 3.16. The van der Waals surface area contributed by atoms with Gasteiger partial charge in [0.15, 0.2) is 0 Å². The van der Waals surface area contributed by atoms with Crippen LogP contribution in [0.4, 0.5) is 8.78 Å². The summed E-state index contributed by atoms with van der Waals surface area (Å²) in [6, 6.07) is 3.49. The van der Waals surface area contributed by atoms with Crippen LogP contribution in [0.5, 0.6) is 0 Å². The smallest absolute Gasteiger partial charge is 0.126 e. The van der Waals surface area contributed by atoms with E-state index in [0.717, 1.165) is 18.9 Å². The Morgan fingerprint density at radius 3 is 2.20 bits per heavy atom. The Bertz CT molecular complexity index is 412. The second kappa shape index (κ2) is 7.14. The normalized spacial score (nSPS) is 19.8. The number of hydrogen-bond donors (Lipinski definition) is 1. The Balaban J connectivity index is 2.23. The van der Waals surface area contributed by atoms with Crippen molar-refractivity contribution in [3.63, 3.8) is 0 Å². The number of halogens is 2. The standard InChI is InChI=1S/C16H23F2NO/c1-19-15(12-8-13(17)10-14(18)9-12)16(20-2)11-6-4-3-5-7-11/h8-11,15-16,19H,3-7H2,1-2H3.